The van der Waals surface area contributed by atoms with Gasteiger partial charge in [0.05, 0.1) is 0 Å². The van der Waals surface area contributed by atoms with Gasteiger partial charge in [-0.3, -0.25) is 0 Å². The fourth-order valence-electron chi connectivity index (χ4n) is 1.99. The molecule has 4 heteroatoms. The molecule has 0 aliphatic carbocycles. The van der Waals surface area contributed by atoms with Gasteiger partial charge >= 0.3 is 0 Å². The van der Waals surface area contributed by atoms with Crippen LogP contribution in [0.1, 0.15) is 53.3 Å². The van der Waals surface area contributed by atoms with Crippen molar-refractivity contribution in [1.82, 2.24) is 9.97 Å². The molecule has 3 rings (SSSR count). The topological polar surface area (TPSA) is 52.1 Å². The Morgan fingerprint density at radius 3 is 1.35 bits per heavy atom. The zero-order valence-corrected chi connectivity index (χ0v) is 12.9. The molecule has 0 fully saturated rings. The maximum atomic E-state index is 5.84. The van der Waals surface area contributed by atoms with Gasteiger partial charge in [0.25, 0.3) is 0 Å². The molecule has 0 unspecified atom stereocenters. The molecule has 2 aromatic heterocycles. The molecular weight excluding hydrogens is 252 g/mol. The fourth-order valence-corrected chi connectivity index (χ4v) is 1.99. The quantitative estimate of drug-likeness (QED) is 0.601. The van der Waals surface area contributed by atoms with Crippen molar-refractivity contribution in [3.8, 4) is 0 Å². The van der Waals surface area contributed by atoms with Crippen molar-refractivity contribution in [3.63, 3.8) is 0 Å². The molecule has 2 heterocycles. The fraction of sp³-hybridized carbons (Fsp3) is 0.500. The van der Waals surface area contributed by atoms with E-state index < -0.39 is 0 Å². The second-order valence-corrected chi connectivity index (χ2v) is 7.33. The maximum Gasteiger partial charge on any atom is 0.200 e. The Labute approximate surface area is 118 Å². The van der Waals surface area contributed by atoms with E-state index in [1.165, 1.54) is 0 Å². The minimum absolute atomic E-state index is 0.107. The minimum atomic E-state index is -0.107. The number of fused-ring (bicyclic) bond motifs is 2. The van der Waals surface area contributed by atoms with E-state index in [-0.39, 0.29) is 10.8 Å². The van der Waals surface area contributed by atoms with Crippen molar-refractivity contribution >= 4 is 22.2 Å². The molecular formula is C16H20N2O2. The Kier molecular flexibility index (Phi) is 2.53. The van der Waals surface area contributed by atoms with Crippen LogP contribution in [0.3, 0.4) is 0 Å². The predicted molar refractivity (Wildman–Crippen MR) is 79.0 cm³/mol. The summed E-state index contributed by atoms with van der Waals surface area (Å²) in [7, 11) is 0. The number of hydrogen-bond donors (Lipinski definition) is 0. The van der Waals surface area contributed by atoms with Crippen LogP contribution < -0.4 is 0 Å². The molecule has 20 heavy (non-hydrogen) atoms. The van der Waals surface area contributed by atoms with Gasteiger partial charge in [-0.15, -0.1) is 0 Å². The van der Waals surface area contributed by atoms with Crippen LogP contribution in [-0.2, 0) is 10.8 Å². The summed E-state index contributed by atoms with van der Waals surface area (Å²) in [6, 6.07) is 3.82. The van der Waals surface area contributed by atoms with E-state index in [9.17, 15) is 0 Å². The molecule has 0 aliphatic rings. The molecule has 0 spiro atoms. The van der Waals surface area contributed by atoms with Crippen molar-refractivity contribution < 1.29 is 8.83 Å². The zero-order valence-electron chi connectivity index (χ0n) is 12.9. The number of oxazole rings is 2. The Morgan fingerprint density at radius 1 is 0.700 bits per heavy atom. The Morgan fingerprint density at radius 2 is 1.05 bits per heavy atom. The highest BCUT2D eigenvalue weighted by molar-refractivity contribution is 5.89. The van der Waals surface area contributed by atoms with Crippen LogP contribution in [-0.4, -0.2) is 9.97 Å². The van der Waals surface area contributed by atoms with Crippen LogP contribution in [0, 0.1) is 0 Å². The third kappa shape index (κ3) is 2.09. The number of rotatable bonds is 0. The third-order valence-electron chi connectivity index (χ3n) is 3.18. The van der Waals surface area contributed by atoms with E-state index in [4.69, 9.17) is 8.83 Å². The van der Waals surface area contributed by atoms with Crippen molar-refractivity contribution in [1.29, 1.82) is 0 Å². The summed E-state index contributed by atoms with van der Waals surface area (Å²) < 4.78 is 11.7. The summed E-state index contributed by atoms with van der Waals surface area (Å²) in [5.74, 6) is 1.47. The van der Waals surface area contributed by atoms with E-state index in [0.29, 0.717) is 0 Å². The molecule has 0 saturated heterocycles. The first kappa shape index (κ1) is 13.2. The highest BCUT2D eigenvalue weighted by Gasteiger charge is 2.24. The molecule has 0 amide bonds. The third-order valence-corrected chi connectivity index (χ3v) is 3.18. The molecule has 0 saturated carbocycles. The lowest BCUT2D eigenvalue weighted by atomic mass is 9.97. The lowest BCUT2D eigenvalue weighted by Gasteiger charge is -2.11. The number of aromatic nitrogens is 2. The van der Waals surface area contributed by atoms with Gasteiger partial charge in [-0.25, -0.2) is 9.97 Å². The van der Waals surface area contributed by atoms with Crippen molar-refractivity contribution in [2.45, 2.75) is 52.4 Å². The summed E-state index contributed by atoms with van der Waals surface area (Å²) in [4.78, 5) is 9.10. The van der Waals surface area contributed by atoms with Crippen molar-refractivity contribution in [2.75, 3.05) is 0 Å². The van der Waals surface area contributed by atoms with E-state index in [1.807, 2.05) is 12.1 Å². The van der Waals surface area contributed by atoms with E-state index in [1.54, 1.807) is 0 Å². The molecule has 4 nitrogen and oxygen atoms in total. The first-order valence-electron chi connectivity index (χ1n) is 6.87. The molecule has 106 valence electrons. The number of benzene rings is 1. The second kappa shape index (κ2) is 3.84. The van der Waals surface area contributed by atoms with Crippen molar-refractivity contribution in [3.05, 3.63) is 23.9 Å². The molecule has 0 bridgehead atoms. The average molecular weight is 272 g/mol. The van der Waals surface area contributed by atoms with Crippen LogP contribution in [0.2, 0.25) is 0 Å². The van der Waals surface area contributed by atoms with Gasteiger partial charge in [0.1, 0.15) is 11.0 Å². The van der Waals surface area contributed by atoms with Gasteiger partial charge in [-0.2, -0.15) is 0 Å². The van der Waals surface area contributed by atoms with E-state index >= 15 is 0 Å². The highest BCUT2D eigenvalue weighted by atomic mass is 16.4. The van der Waals surface area contributed by atoms with Gasteiger partial charge in [0, 0.05) is 23.0 Å². The standard InChI is InChI=1S/C16H20N2O2/c1-15(2,3)13-17-9-7-12-10(8-11(9)19-13)18-14(20-12)16(4,5)6/h7-8H,1-6H3. The summed E-state index contributed by atoms with van der Waals surface area (Å²) >= 11 is 0. The normalized spacial score (nSPS) is 13.5. The predicted octanol–water partition coefficient (Wildman–Crippen LogP) is 4.56. The first-order chi connectivity index (χ1) is 9.14. The molecule has 3 aromatic rings. The Bertz CT molecular complexity index is 668. The summed E-state index contributed by atoms with van der Waals surface area (Å²) in [6.45, 7) is 12.5. The smallest absolute Gasteiger partial charge is 0.200 e. The SMILES string of the molecule is CC(C)(C)c1nc2cc3oc(C(C)(C)C)nc3cc2o1. The van der Waals surface area contributed by atoms with Gasteiger partial charge in [-0.05, 0) is 0 Å². The summed E-state index contributed by atoms with van der Waals surface area (Å²) in [5.41, 5.74) is 2.94. The van der Waals surface area contributed by atoms with Gasteiger partial charge < -0.3 is 8.83 Å². The molecule has 0 N–H and O–H groups in total. The molecule has 0 radical (unpaired) electrons. The lowest BCUT2D eigenvalue weighted by Crippen LogP contribution is -2.11. The Balaban J connectivity index is 2.20. The largest absolute Gasteiger partial charge is 0.440 e. The van der Waals surface area contributed by atoms with Crippen molar-refractivity contribution in [2.24, 2.45) is 0 Å². The lowest BCUT2D eigenvalue weighted by molar-refractivity contribution is 0.410. The van der Waals surface area contributed by atoms with Gasteiger partial charge in [-0.1, -0.05) is 41.5 Å². The Hall–Kier alpha value is -1.84. The molecule has 1 aromatic carbocycles. The zero-order chi connectivity index (χ0) is 14.7. The minimum Gasteiger partial charge on any atom is -0.440 e. The van der Waals surface area contributed by atoms with Crippen LogP contribution in [0.25, 0.3) is 22.2 Å². The first-order valence-corrected chi connectivity index (χ1v) is 6.87. The summed E-state index contributed by atoms with van der Waals surface area (Å²) in [6.07, 6.45) is 0. The highest BCUT2D eigenvalue weighted by Crippen LogP contribution is 2.31. The number of nitrogens with zero attached hydrogens (tertiary/aromatic N) is 2. The van der Waals surface area contributed by atoms with Crippen LogP contribution >= 0.6 is 0 Å². The van der Waals surface area contributed by atoms with Crippen LogP contribution in [0.4, 0.5) is 0 Å². The second-order valence-electron chi connectivity index (χ2n) is 7.33. The van der Waals surface area contributed by atoms with Gasteiger partial charge in [0.15, 0.2) is 11.2 Å². The average Bonchev–Trinajstić information content (AvgIpc) is 2.85. The summed E-state index contributed by atoms with van der Waals surface area (Å²) in [5, 5.41) is 0. The van der Waals surface area contributed by atoms with Crippen LogP contribution in [0.15, 0.2) is 21.0 Å². The maximum absolute atomic E-state index is 5.84. The van der Waals surface area contributed by atoms with E-state index in [0.717, 1.165) is 34.0 Å². The number of hydrogen-bond acceptors (Lipinski definition) is 4. The van der Waals surface area contributed by atoms with E-state index in [2.05, 4.69) is 51.5 Å². The molecule has 0 aliphatic heterocycles. The van der Waals surface area contributed by atoms with Crippen LogP contribution in [0.5, 0.6) is 0 Å². The monoisotopic (exact) mass is 272 g/mol. The molecule has 0 atom stereocenters. The van der Waals surface area contributed by atoms with Gasteiger partial charge in [0.2, 0.25) is 11.8 Å².